The lowest BCUT2D eigenvalue weighted by Crippen LogP contribution is -2.27. The van der Waals surface area contributed by atoms with Gasteiger partial charge in [-0.3, -0.25) is 4.79 Å². The van der Waals surface area contributed by atoms with Gasteiger partial charge in [-0.15, -0.1) is 0 Å². The number of hydrogen-bond acceptors (Lipinski definition) is 3. The number of nitrogens with one attached hydrogen (secondary N) is 1. The third-order valence-corrected chi connectivity index (χ3v) is 2.85. The van der Waals surface area contributed by atoms with Gasteiger partial charge in [0.25, 0.3) is 0 Å². The molecular formula is C14H19N3O. The van der Waals surface area contributed by atoms with E-state index in [9.17, 15) is 4.79 Å². The first-order chi connectivity index (χ1) is 8.69. The minimum atomic E-state index is 0.00612. The molecule has 18 heavy (non-hydrogen) atoms. The van der Waals surface area contributed by atoms with Crippen molar-refractivity contribution in [2.45, 2.75) is 20.3 Å². The van der Waals surface area contributed by atoms with E-state index in [4.69, 9.17) is 5.26 Å². The average molecular weight is 245 g/mol. The number of nitriles is 1. The first-order valence-corrected chi connectivity index (χ1v) is 6.22. The molecule has 0 fully saturated rings. The van der Waals surface area contributed by atoms with Crippen LogP contribution in [0.5, 0.6) is 0 Å². The van der Waals surface area contributed by atoms with Crippen molar-refractivity contribution < 1.29 is 4.79 Å². The molecule has 0 aliphatic rings. The molecule has 0 bridgehead atoms. The molecule has 1 aromatic rings. The summed E-state index contributed by atoms with van der Waals surface area (Å²) in [5, 5.41) is 11.5. The minimum Gasteiger partial charge on any atom is -0.326 e. The van der Waals surface area contributed by atoms with E-state index in [2.05, 4.69) is 24.1 Å². The van der Waals surface area contributed by atoms with Crippen molar-refractivity contribution in [1.29, 1.82) is 5.26 Å². The van der Waals surface area contributed by atoms with Crippen molar-refractivity contribution in [1.82, 2.24) is 4.90 Å². The highest BCUT2D eigenvalue weighted by Crippen LogP contribution is 2.09. The Morgan fingerprint density at radius 2 is 1.89 bits per heavy atom. The van der Waals surface area contributed by atoms with E-state index < -0.39 is 0 Å². The summed E-state index contributed by atoms with van der Waals surface area (Å²) in [5.41, 5.74) is 1.33. The summed E-state index contributed by atoms with van der Waals surface area (Å²) in [7, 11) is 0. The SMILES string of the molecule is CCN(CC)CCC(=O)Nc1ccc(C#N)cc1. The molecule has 0 spiro atoms. The number of amides is 1. The topological polar surface area (TPSA) is 56.1 Å². The van der Waals surface area contributed by atoms with Crippen LogP contribution in [0.4, 0.5) is 5.69 Å². The minimum absolute atomic E-state index is 0.00612. The molecule has 96 valence electrons. The van der Waals surface area contributed by atoms with Gasteiger partial charge in [0.2, 0.25) is 5.91 Å². The Hall–Kier alpha value is -1.86. The summed E-state index contributed by atoms with van der Waals surface area (Å²) in [6.07, 6.45) is 0.488. The Labute approximate surface area is 108 Å². The summed E-state index contributed by atoms with van der Waals surface area (Å²) in [4.78, 5) is 13.9. The monoisotopic (exact) mass is 245 g/mol. The van der Waals surface area contributed by atoms with Crippen LogP contribution in [0.3, 0.4) is 0 Å². The van der Waals surface area contributed by atoms with Crippen molar-refractivity contribution in [2.75, 3.05) is 25.0 Å². The third kappa shape index (κ3) is 4.56. The molecule has 0 heterocycles. The maximum atomic E-state index is 11.7. The smallest absolute Gasteiger partial charge is 0.225 e. The lowest BCUT2D eigenvalue weighted by molar-refractivity contribution is -0.116. The van der Waals surface area contributed by atoms with Crippen LogP contribution in [-0.4, -0.2) is 30.4 Å². The second kappa shape index (κ2) is 7.46. The summed E-state index contributed by atoms with van der Waals surface area (Å²) in [6.45, 7) is 6.86. The van der Waals surface area contributed by atoms with Gasteiger partial charge in [0.05, 0.1) is 11.6 Å². The highest BCUT2D eigenvalue weighted by Gasteiger charge is 2.05. The standard InChI is InChI=1S/C14H19N3O/c1-3-17(4-2)10-9-14(18)16-13-7-5-12(11-15)6-8-13/h5-8H,3-4,9-10H2,1-2H3,(H,16,18). The zero-order valence-electron chi connectivity index (χ0n) is 10.9. The summed E-state index contributed by atoms with van der Waals surface area (Å²) in [6, 6.07) is 8.92. The number of carbonyl (C=O) groups is 1. The van der Waals surface area contributed by atoms with Gasteiger partial charge in [-0.25, -0.2) is 0 Å². The fraction of sp³-hybridized carbons (Fsp3) is 0.429. The summed E-state index contributed by atoms with van der Waals surface area (Å²) < 4.78 is 0. The molecular weight excluding hydrogens is 226 g/mol. The predicted octanol–water partition coefficient (Wildman–Crippen LogP) is 2.23. The van der Waals surface area contributed by atoms with Gasteiger partial charge >= 0.3 is 0 Å². The van der Waals surface area contributed by atoms with Crippen LogP contribution in [0.25, 0.3) is 0 Å². The van der Waals surface area contributed by atoms with Gasteiger partial charge in [-0.2, -0.15) is 5.26 Å². The lowest BCUT2D eigenvalue weighted by atomic mass is 10.2. The number of nitrogens with zero attached hydrogens (tertiary/aromatic N) is 2. The van der Waals surface area contributed by atoms with E-state index in [1.165, 1.54) is 0 Å². The highest BCUT2D eigenvalue weighted by molar-refractivity contribution is 5.90. The highest BCUT2D eigenvalue weighted by atomic mass is 16.1. The van der Waals surface area contributed by atoms with E-state index in [1.54, 1.807) is 24.3 Å². The Morgan fingerprint density at radius 1 is 1.28 bits per heavy atom. The summed E-state index contributed by atoms with van der Waals surface area (Å²) >= 11 is 0. The van der Waals surface area contributed by atoms with Gasteiger partial charge < -0.3 is 10.2 Å². The molecule has 1 amide bonds. The quantitative estimate of drug-likeness (QED) is 0.836. The Kier molecular flexibility index (Phi) is 5.89. The van der Waals surface area contributed by atoms with Gasteiger partial charge in [0.1, 0.15) is 0 Å². The molecule has 1 rings (SSSR count). The molecule has 0 aliphatic heterocycles. The molecule has 4 nitrogen and oxygen atoms in total. The second-order valence-corrected chi connectivity index (χ2v) is 4.01. The van der Waals surface area contributed by atoms with Crippen molar-refractivity contribution in [2.24, 2.45) is 0 Å². The van der Waals surface area contributed by atoms with Crippen LogP contribution in [0.15, 0.2) is 24.3 Å². The van der Waals surface area contributed by atoms with Crippen LogP contribution in [0.2, 0.25) is 0 Å². The largest absolute Gasteiger partial charge is 0.326 e. The fourth-order valence-electron chi connectivity index (χ4n) is 1.65. The molecule has 0 unspecified atom stereocenters. The molecule has 0 radical (unpaired) electrons. The molecule has 1 N–H and O–H groups in total. The van der Waals surface area contributed by atoms with Gasteiger partial charge in [0, 0.05) is 18.7 Å². The maximum absolute atomic E-state index is 11.7. The van der Waals surface area contributed by atoms with Crippen LogP contribution < -0.4 is 5.32 Å². The molecule has 0 atom stereocenters. The van der Waals surface area contributed by atoms with Crippen molar-refractivity contribution in [3.05, 3.63) is 29.8 Å². The maximum Gasteiger partial charge on any atom is 0.225 e. The first-order valence-electron chi connectivity index (χ1n) is 6.22. The summed E-state index contributed by atoms with van der Waals surface area (Å²) in [5.74, 6) is 0.00612. The van der Waals surface area contributed by atoms with Crippen LogP contribution in [-0.2, 0) is 4.79 Å². The Balaban J connectivity index is 2.42. The molecule has 0 aliphatic carbocycles. The second-order valence-electron chi connectivity index (χ2n) is 4.01. The molecule has 0 saturated heterocycles. The number of benzene rings is 1. The predicted molar refractivity (Wildman–Crippen MR) is 72.2 cm³/mol. The normalized spacial score (nSPS) is 10.1. The zero-order chi connectivity index (χ0) is 13.4. The van der Waals surface area contributed by atoms with Crippen molar-refractivity contribution >= 4 is 11.6 Å². The number of anilines is 1. The molecule has 0 aromatic heterocycles. The van der Waals surface area contributed by atoms with Crippen LogP contribution >= 0.6 is 0 Å². The van der Waals surface area contributed by atoms with Gasteiger partial charge in [0.15, 0.2) is 0 Å². The number of hydrogen-bond donors (Lipinski definition) is 1. The Morgan fingerprint density at radius 3 is 2.39 bits per heavy atom. The van der Waals surface area contributed by atoms with Crippen molar-refractivity contribution in [3.63, 3.8) is 0 Å². The van der Waals surface area contributed by atoms with E-state index >= 15 is 0 Å². The van der Waals surface area contributed by atoms with Gasteiger partial charge in [-0.05, 0) is 37.4 Å². The molecule has 0 saturated carbocycles. The van der Waals surface area contributed by atoms with E-state index in [0.29, 0.717) is 12.0 Å². The lowest BCUT2D eigenvalue weighted by Gasteiger charge is -2.17. The van der Waals surface area contributed by atoms with Crippen LogP contribution in [0, 0.1) is 11.3 Å². The zero-order valence-corrected chi connectivity index (χ0v) is 10.9. The van der Waals surface area contributed by atoms with E-state index in [1.807, 2.05) is 6.07 Å². The van der Waals surface area contributed by atoms with Crippen molar-refractivity contribution in [3.8, 4) is 6.07 Å². The average Bonchev–Trinajstić information content (AvgIpc) is 2.41. The molecule has 1 aromatic carbocycles. The number of carbonyl (C=O) groups excluding carboxylic acids is 1. The molecule has 4 heteroatoms. The Bertz CT molecular complexity index is 416. The van der Waals surface area contributed by atoms with Crippen LogP contribution in [0.1, 0.15) is 25.8 Å². The first kappa shape index (κ1) is 14.2. The number of rotatable bonds is 6. The van der Waals surface area contributed by atoms with Gasteiger partial charge in [-0.1, -0.05) is 13.8 Å². The third-order valence-electron chi connectivity index (χ3n) is 2.85. The van der Waals surface area contributed by atoms with E-state index in [-0.39, 0.29) is 5.91 Å². The fourth-order valence-corrected chi connectivity index (χ4v) is 1.65. The van der Waals surface area contributed by atoms with E-state index in [0.717, 1.165) is 25.3 Å².